The Morgan fingerprint density at radius 2 is 1.74 bits per heavy atom. The molecular formula is C15H12BrClF2. The third kappa shape index (κ3) is 2.82. The van der Waals surface area contributed by atoms with E-state index < -0.39 is 11.6 Å². The summed E-state index contributed by atoms with van der Waals surface area (Å²) in [6, 6.07) is 7.90. The maximum Gasteiger partial charge on any atom is 0.130 e. The Hall–Kier alpha value is -0.930. The highest BCUT2D eigenvalue weighted by atomic mass is 79.9. The molecule has 2 aromatic carbocycles. The van der Waals surface area contributed by atoms with E-state index in [2.05, 4.69) is 15.9 Å². The predicted molar refractivity (Wildman–Crippen MR) is 78.1 cm³/mol. The van der Waals surface area contributed by atoms with Crippen molar-refractivity contribution in [3.63, 3.8) is 0 Å². The van der Waals surface area contributed by atoms with Crippen molar-refractivity contribution >= 4 is 27.5 Å². The Labute approximate surface area is 124 Å². The first-order valence-electron chi connectivity index (χ1n) is 5.76. The highest BCUT2D eigenvalue weighted by molar-refractivity contribution is 9.09. The lowest BCUT2D eigenvalue weighted by Gasteiger charge is -2.16. The van der Waals surface area contributed by atoms with Crippen molar-refractivity contribution in [2.75, 3.05) is 0 Å². The fraction of sp³-hybridized carbons (Fsp3) is 0.200. The SMILES string of the molecule is Cc1cc(C(Br)c2cccc(Cl)c2C)c(F)cc1F. The Balaban J connectivity index is 2.53. The second-order valence-corrected chi connectivity index (χ2v) is 5.76. The van der Waals surface area contributed by atoms with Gasteiger partial charge in [-0.15, -0.1) is 0 Å². The largest absolute Gasteiger partial charge is 0.207 e. The molecular weight excluding hydrogens is 334 g/mol. The Bertz CT molecular complexity index is 626. The van der Waals surface area contributed by atoms with Gasteiger partial charge in [0, 0.05) is 16.7 Å². The highest BCUT2D eigenvalue weighted by Crippen LogP contribution is 2.36. The van der Waals surface area contributed by atoms with Crippen LogP contribution >= 0.6 is 27.5 Å². The van der Waals surface area contributed by atoms with Crippen molar-refractivity contribution < 1.29 is 8.78 Å². The zero-order valence-corrected chi connectivity index (χ0v) is 12.8. The first-order chi connectivity index (χ1) is 8.91. The van der Waals surface area contributed by atoms with Gasteiger partial charge in [0.1, 0.15) is 11.6 Å². The van der Waals surface area contributed by atoms with Crippen molar-refractivity contribution in [2.45, 2.75) is 18.7 Å². The predicted octanol–water partition coefficient (Wildman–Crippen LogP) is 5.72. The molecule has 0 radical (unpaired) electrons. The number of rotatable bonds is 2. The van der Waals surface area contributed by atoms with Crippen LogP contribution in [0.4, 0.5) is 8.78 Å². The van der Waals surface area contributed by atoms with Gasteiger partial charge in [-0.2, -0.15) is 0 Å². The van der Waals surface area contributed by atoms with E-state index in [0.717, 1.165) is 17.2 Å². The van der Waals surface area contributed by atoms with E-state index in [4.69, 9.17) is 11.6 Å². The van der Waals surface area contributed by atoms with Crippen molar-refractivity contribution in [3.05, 3.63) is 69.2 Å². The summed E-state index contributed by atoms with van der Waals surface area (Å²) in [6.45, 7) is 3.49. The molecule has 0 N–H and O–H groups in total. The van der Waals surface area contributed by atoms with Crippen molar-refractivity contribution in [1.82, 2.24) is 0 Å². The van der Waals surface area contributed by atoms with Crippen LogP contribution in [0, 0.1) is 25.5 Å². The minimum Gasteiger partial charge on any atom is -0.207 e. The first kappa shape index (κ1) is 14.5. The van der Waals surface area contributed by atoms with Crippen LogP contribution in [0.25, 0.3) is 0 Å². The van der Waals surface area contributed by atoms with Crippen LogP contribution in [0.15, 0.2) is 30.3 Å². The second kappa shape index (κ2) is 5.59. The smallest absolute Gasteiger partial charge is 0.130 e. The quantitative estimate of drug-likeness (QED) is 0.611. The van der Waals surface area contributed by atoms with Gasteiger partial charge in [0.05, 0.1) is 4.83 Å². The molecule has 2 rings (SSSR count). The van der Waals surface area contributed by atoms with Gasteiger partial charge in [0.15, 0.2) is 0 Å². The van der Waals surface area contributed by atoms with E-state index in [1.807, 2.05) is 19.1 Å². The molecule has 0 aliphatic carbocycles. The lowest BCUT2D eigenvalue weighted by atomic mass is 9.98. The standard InChI is InChI=1S/C15H12BrClF2/c1-8-6-11(14(19)7-13(8)18)15(16)10-4-3-5-12(17)9(10)2/h3-7,15H,1-2H3. The maximum absolute atomic E-state index is 13.9. The summed E-state index contributed by atoms with van der Waals surface area (Å²) < 4.78 is 27.2. The van der Waals surface area contributed by atoms with Gasteiger partial charge in [-0.1, -0.05) is 39.7 Å². The normalized spacial score (nSPS) is 12.5. The molecule has 2 aromatic rings. The summed E-state index contributed by atoms with van der Waals surface area (Å²) in [5.41, 5.74) is 2.58. The van der Waals surface area contributed by atoms with Gasteiger partial charge in [-0.05, 0) is 42.7 Å². The molecule has 0 aromatic heterocycles. The number of aryl methyl sites for hydroxylation is 1. The molecule has 1 unspecified atom stereocenters. The Morgan fingerprint density at radius 3 is 2.42 bits per heavy atom. The van der Waals surface area contributed by atoms with Crippen LogP contribution in [0.5, 0.6) is 0 Å². The van der Waals surface area contributed by atoms with Crippen LogP contribution < -0.4 is 0 Å². The fourth-order valence-electron chi connectivity index (χ4n) is 1.94. The average Bonchev–Trinajstić information content (AvgIpc) is 2.36. The van der Waals surface area contributed by atoms with E-state index in [1.165, 1.54) is 6.07 Å². The molecule has 0 heterocycles. The minimum absolute atomic E-state index is 0.356. The van der Waals surface area contributed by atoms with E-state index in [0.29, 0.717) is 16.1 Å². The zero-order chi connectivity index (χ0) is 14.2. The molecule has 0 aliphatic heterocycles. The van der Waals surface area contributed by atoms with Gasteiger partial charge < -0.3 is 0 Å². The van der Waals surface area contributed by atoms with E-state index in [1.54, 1.807) is 13.0 Å². The number of hydrogen-bond acceptors (Lipinski definition) is 0. The summed E-state index contributed by atoms with van der Waals surface area (Å²) >= 11 is 9.53. The van der Waals surface area contributed by atoms with Crippen molar-refractivity contribution in [1.29, 1.82) is 0 Å². The third-order valence-electron chi connectivity index (χ3n) is 3.13. The number of halogens is 4. The summed E-state index contributed by atoms with van der Waals surface area (Å²) in [6.07, 6.45) is 0. The van der Waals surface area contributed by atoms with Gasteiger partial charge in [0.2, 0.25) is 0 Å². The van der Waals surface area contributed by atoms with E-state index >= 15 is 0 Å². The Morgan fingerprint density at radius 1 is 1.05 bits per heavy atom. The molecule has 19 heavy (non-hydrogen) atoms. The lowest BCUT2D eigenvalue weighted by Crippen LogP contribution is -2.01. The van der Waals surface area contributed by atoms with Crippen LogP contribution in [0.1, 0.15) is 27.1 Å². The molecule has 4 heteroatoms. The number of alkyl halides is 1. The van der Waals surface area contributed by atoms with Crippen molar-refractivity contribution in [3.8, 4) is 0 Å². The molecule has 0 nitrogen and oxygen atoms in total. The molecule has 1 atom stereocenters. The highest BCUT2D eigenvalue weighted by Gasteiger charge is 2.19. The molecule has 0 saturated carbocycles. The van der Waals surface area contributed by atoms with Crippen LogP contribution in [0.2, 0.25) is 5.02 Å². The second-order valence-electron chi connectivity index (χ2n) is 4.44. The zero-order valence-electron chi connectivity index (χ0n) is 10.5. The molecule has 0 spiro atoms. The fourth-order valence-corrected chi connectivity index (χ4v) is 2.97. The summed E-state index contributed by atoms with van der Waals surface area (Å²) in [5, 5.41) is 0.626. The molecule has 0 aliphatic rings. The van der Waals surface area contributed by atoms with Gasteiger partial charge in [0.25, 0.3) is 0 Å². The number of benzene rings is 2. The monoisotopic (exact) mass is 344 g/mol. The molecule has 0 fully saturated rings. The summed E-state index contributed by atoms with van der Waals surface area (Å²) in [4.78, 5) is -0.356. The first-order valence-corrected chi connectivity index (χ1v) is 7.05. The third-order valence-corrected chi connectivity index (χ3v) is 4.53. The summed E-state index contributed by atoms with van der Waals surface area (Å²) in [7, 11) is 0. The Kier molecular flexibility index (Phi) is 4.26. The maximum atomic E-state index is 13.9. The molecule has 0 amide bonds. The number of hydrogen-bond donors (Lipinski definition) is 0. The van der Waals surface area contributed by atoms with Crippen LogP contribution in [0.3, 0.4) is 0 Å². The van der Waals surface area contributed by atoms with E-state index in [9.17, 15) is 8.78 Å². The minimum atomic E-state index is -0.565. The van der Waals surface area contributed by atoms with Crippen LogP contribution in [-0.2, 0) is 0 Å². The molecule has 0 saturated heterocycles. The molecule has 100 valence electrons. The van der Waals surface area contributed by atoms with Crippen molar-refractivity contribution in [2.24, 2.45) is 0 Å². The van der Waals surface area contributed by atoms with Gasteiger partial charge in [-0.25, -0.2) is 8.78 Å². The summed E-state index contributed by atoms with van der Waals surface area (Å²) in [5.74, 6) is -1.10. The van der Waals surface area contributed by atoms with Gasteiger partial charge in [-0.3, -0.25) is 0 Å². The van der Waals surface area contributed by atoms with Crippen LogP contribution in [-0.4, -0.2) is 0 Å². The molecule has 0 bridgehead atoms. The average molecular weight is 346 g/mol. The topological polar surface area (TPSA) is 0 Å². The lowest BCUT2D eigenvalue weighted by molar-refractivity contribution is 0.569. The van der Waals surface area contributed by atoms with E-state index in [-0.39, 0.29) is 4.83 Å². The van der Waals surface area contributed by atoms with Gasteiger partial charge >= 0.3 is 0 Å².